The third kappa shape index (κ3) is 5.65. The van der Waals surface area contributed by atoms with E-state index in [1.807, 2.05) is 17.5 Å². The molecule has 102 valence electrons. The van der Waals surface area contributed by atoms with Crippen LogP contribution in [0.1, 0.15) is 32.1 Å². The number of thiophene rings is 1. The number of hydrogen-bond acceptors (Lipinski definition) is 4. The van der Waals surface area contributed by atoms with Crippen LogP contribution < -0.4 is 5.73 Å². The van der Waals surface area contributed by atoms with Crippen molar-refractivity contribution in [1.82, 2.24) is 0 Å². The molecule has 0 saturated carbocycles. The van der Waals surface area contributed by atoms with Crippen LogP contribution in [0.15, 0.2) is 17.5 Å². The summed E-state index contributed by atoms with van der Waals surface area (Å²) in [6.45, 7) is 7.12. The van der Waals surface area contributed by atoms with Gasteiger partial charge in [-0.2, -0.15) is 0 Å². The molecule has 1 unspecified atom stereocenters. The van der Waals surface area contributed by atoms with E-state index in [2.05, 4.69) is 20.8 Å². The number of ether oxygens (including phenoxy) is 1. The van der Waals surface area contributed by atoms with Gasteiger partial charge in [-0.25, -0.2) is 0 Å². The van der Waals surface area contributed by atoms with Gasteiger partial charge >= 0.3 is 5.97 Å². The van der Waals surface area contributed by atoms with E-state index in [9.17, 15) is 4.79 Å². The lowest BCUT2D eigenvalue weighted by molar-refractivity contribution is -0.149. The zero-order valence-electron chi connectivity index (χ0n) is 11.4. The molecular weight excluding hydrogens is 246 g/mol. The molecule has 0 aliphatic heterocycles. The third-order valence-corrected chi connectivity index (χ3v) is 3.59. The van der Waals surface area contributed by atoms with Gasteiger partial charge in [-0.15, -0.1) is 11.3 Å². The molecule has 1 atom stereocenters. The van der Waals surface area contributed by atoms with Gasteiger partial charge in [0, 0.05) is 17.8 Å². The summed E-state index contributed by atoms with van der Waals surface area (Å²) >= 11 is 1.68. The third-order valence-electron chi connectivity index (χ3n) is 2.65. The highest BCUT2D eigenvalue weighted by atomic mass is 32.1. The van der Waals surface area contributed by atoms with E-state index in [0.29, 0.717) is 13.2 Å². The Balaban J connectivity index is 2.33. The molecule has 0 amide bonds. The Labute approximate surface area is 113 Å². The fourth-order valence-corrected chi connectivity index (χ4v) is 2.52. The van der Waals surface area contributed by atoms with E-state index in [1.165, 1.54) is 4.88 Å². The SMILES string of the molecule is CC(C)(C)CC(CN)C(=O)OCCc1cccs1. The molecule has 4 heteroatoms. The van der Waals surface area contributed by atoms with E-state index in [-0.39, 0.29) is 17.3 Å². The molecular formula is C14H23NO2S. The molecule has 2 N–H and O–H groups in total. The topological polar surface area (TPSA) is 52.3 Å². The second-order valence-corrected chi connectivity index (χ2v) is 6.73. The van der Waals surface area contributed by atoms with Gasteiger partial charge in [0.2, 0.25) is 0 Å². The molecule has 0 saturated heterocycles. The molecule has 1 aromatic rings. The minimum Gasteiger partial charge on any atom is -0.465 e. The Morgan fingerprint density at radius 2 is 2.22 bits per heavy atom. The van der Waals surface area contributed by atoms with Crippen LogP contribution in [0, 0.1) is 11.3 Å². The van der Waals surface area contributed by atoms with Crippen molar-refractivity contribution in [1.29, 1.82) is 0 Å². The number of nitrogens with two attached hydrogens (primary N) is 1. The highest BCUT2D eigenvalue weighted by Gasteiger charge is 2.24. The van der Waals surface area contributed by atoms with Crippen LogP contribution in [0.5, 0.6) is 0 Å². The summed E-state index contributed by atoms with van der Waals surface area (Å²) in [5.74, 6) is -0.350. The van der Waals surface area contributed by atoms with E-state index in [0.717, 1.165) is 12.8 Å². The molecule has 0 bridgehead atoms. The largest absolute Gasteiger partial charge is 0.465 e. The van der Waals surface area contributed by atoms with Crippen LogP contribution in [0.3, 0.4) is 0 Å². The molecule has 18 heavy (non-hydrogen) atoms. The number of carbonyl (C=O) groups excluding carboxylic acids is 1. The second-order valence-electron chi connectivity index (χ2n) is 5.69. The first-order chi connectivity index (χ1) is 8.42. The monoisotopic (exact) mass is 269 g/mol. The van der Waals surface area contributed by atoms with Gasteiger partial charge < -0.3 is 10.5 Å². The lowest BCUT2D eigenvalue weighted by atomic mass is 9.85. The summed E-state index contributed by atoms with van der Waals surface area (Å²) in [4.78, 5) is 13.1. The molecule has 0 fully saturated rings. The van der Waals surface area contributed by atoms with E-state index in [4.69, 9.17) is 10.5 Å². The van der Waals surface area contributed by atoms with Crippen LogP contribution in [0.2, 0.25) is 0 Å². The first-order valence-corrected chi connectivity index (χ1v) is 7.19. The molecule has 1 aromatic heterocycles. The average Bonchev–Trinajstić information content (AvgIpc) is 2.77. The average molecular weight is 269 g/mol. The quantitative estimate of drug-likeness (QED) is 0.808. The van der Waals surface area contributed by atoms with Gasteiger partial charge in [0.15, 0.2) is 0 Å². The highest BCUT2D eigenvalue weighted by molar-refractivity contribution is 7.09. The maximum Gasteiger partial charge on any atom is 0.310 e. The van der Waals surface area contributed by atoms with Crippen molar-refractivity contribution in [3.63, 3.8) is 0 Å². The summed E-state index contributed by atoms with van der Waals surface area (Å²) in [5, 5.41) is 2.03. The first kappa shape index (κ1) is 15.2. The fraction of sp³-hybridized carbons (Fsp3) is 0.643. The van der Waals surface area contributed by atoms with Gasteiger partial charge in [0.25, 0.3) is 0 Å². The van der Waals surface area contributed by atoms with Crippen molar-refractivity contribution in [2.75, 3.05) is 13.2 Å². The van der Waals surface area contributed by atoms with E-state index < -0.39 is 0 Å². The van der Waals surface area contributed by atoms with Gasteiger partial charge in [-0.1, -0.05) is 26.8 Å². The van der Waals surface area contributed by atoms with Crippen LogP contribution in [-0.2, 0) is 16.0 Å². The Hall–Kier alpha value is -0.870. The molecule has 0 spiro atoms. The van der Waals surface area contributed by atoms with Crippen molar-refractivity contribution < 1.29 is 9.53 Å². The van der Waals surface area contributed by atoms with Crippen LogP contribution in [0.25, 0.3) is 0 Å². The first-order valence-electron chi connectivity index (χ1n) is 6.31. The fourth-order valence-electron chi connectivity index (χ4n) is 1.83. The molecule has 0 aliphatic carbocycles. The predicted molar refractivity (Wildman–Crippen MR) is 75.6 cm³/mol. The van der Waals surface area contributed by atoms with Crippen LogP contribution in [-0.4, -0.2) is 19.1 Å². The minimum absolute atomic E-state index is 0.0941. The summed E-state index contributed by atoms with van der Waals surface area (Å²) in [5.41, 5.74) is 5.74. The van der Waals surface area contributed by atoms with Gasteiger partial charge in [-0.3, -0.25) is 4.79 Å². The van der Waals surface area contributed by atoms with Gasteiger partial charge in [0.1, 0.15) is 0 Å². The van der Waals surface area contributed by atoms with Crippen molar-refractivity contribution in [3.8, 4) is 0 Å². The normalized spacial score (nSPS) is 13.3. The van der Waals surface area contributed by atoms with Crippen molar-refractivity contribution in [3.05, 3.63) is 22.4 Å². The summed E-state index contributed by atoms with van der Waals surface area (Å²) in [6.07, 6.45) is 1.55. The maximum atomic E-state index is 11.9. The highest BCUT2D eigenvalue weighted by Crippen LogP contribution is 2.24. The van der Waals surface area contributed by atoms with Crippen molar-refractivity contribution in [2.45, 2.75) is 33.6 Å². The van der Waals surface area contributed by atoms with Gasteiger partial charge in [-0.05, 0) is 23.3 Å². The number of rotatable bonds is 6. The molecule has 1 rings (SSSR count). The number of carbonyl (C=O) groups is 1. The minimum atomic E-state index is -0.187. The molecule has 1 heterocycles. The zero-order chi connectivity index (χ0) is 13.6. The van der Waals surface area contributed by atoms with Crippen molar-refractivity contribution in [2.24, 2.45) is 17.1 Å². The summed E-state index contributed by atoms with van der Waals surface area (Å²) in [7, 11) is 0. The van der Waals surface area contributed by atoms with E-state index >= 15 is 0 Å². The predicted octanol–water partition coefficient (Wildman–Crippen LogP) is 2.84. The molecule has 0 radical (unpaired) electrons. The Morgan fingerprint density at radius 3 is 2.72 bits per heavy atom. The van der Waals surface area contributed by atoms with Gasteiger partial charge in [0.05, 0.1) is 12.5 Å². The second kappa shape index (κ2) is 6.90. The lowest BCUT2D eigenvalue weighted by Crippen LogP contribution is -2.30. The Kier molecular flexibility index (Phi) is 5.82. The van der Waals surface area contributed by atoms with E-state index in [1.54, 1.807) is 11.3 Å². The maximum absolute atomic E-state index is 11.9. The Bertz CT molecular complexity index is 354. The lowest BCUT2D eigenvalue weighted by Gasteiger charge is -2.23. The molecule has 0 aliphatic rings. The Morgan fingerprint density at radius 1 is 1.50 bits per heavy atom. The summed E-state index contributed by atoms with van der Waals surface area (Å²) < 4.78 is 5.30. The molecule has 3 nitrogen and oxygen atoms in total. The number of esters is 1. The standard InChI is InChI=1S/C14H23NO2S/c1-14(2,3)9-11(10-15)13(16)17-7-6-12-5-4-8-18-12/h4-5,8,11H,6-7,9-10,15H2,1-3H3. The zero-order valence-corrected chi connectivity index (χ0v) is 12.3. The summed E-state index contributed by atoms with van der Waals surface area (Å²) in [6, 6.07) is 4.05. The number of hydrogen-bond donors (Lipinski definition) is 1. The molecule has 0 aromatic carbocycles. The smallest absolute Gasteiger partial charge is 0.310 e. The van der Waals surface area contributed by atoms with Crippen LogP contribution >= 0.6 is 11.3 Å². The van der Waals surface area contributed by atoms with Crippen LogP contribution in [0.4, 0.5) is 0 Å². The van der Waals surface area contributed by atoms with Crippen molar-refractivity contribution >= 4 is 17.3 Å².